The fraction of sp³-hybridized carbons (Fsp3) is 0.250. The van der Waals surface area contributed by atoms with Crippen LogP contribution in [0.5, 0.6) is 0 Å². The van der Waals surface area contributed by atoms with Crippen molar-refractivity contribution in [2.24, 2.45) is 5.84 Å². The van der Waals surface area contributed by atoms with Crippen molar-refractivity contribution in [3.05, 3.63) is 12.7 Å². The molecule has 0 heterocycles. The molecule has 0 aromatic heterocycles. The molecule has 0 aromatic rings. The van der Waals surface area contributed by atoms with E-state index < -0.39 is 0 Å². The van der Waals surface area contributed by atoms with Gasteiger partial charge in [0.15, 0.2) is 0 Å². The summed E-state index contributed by atoms with van der Waals surface area (Å²) in [6.07, 6.45) is 1.59. The molecule has 46 valence electrons. The van der Waals surface area contributed by atoms with Gasteiger partial charge in [-0.2, -0.15) is 0 Å². The summed E-state index contributed by atoms with van der Waals surface area (Å²) >= 11 is 4.51. The molecule has 0 atom stereocenters. The van der Waals surface area contributed by atoms with Gasteiger partial charge in [-0.25, -0.2) is 5.84 Å². The largest absolute Gasteiger partial charge is 0.466 e. The normalized spacial score (nSPS) is 7.62. The first-order chi connectivity index (χ1) is 3.81. The molecule has 3 nitrogen and oxygen atoms in total. The van der Waals surface area contributed by atoms with Gasteiger partial charge in [0.05, 0.1) is 0 Å². The van der Waals surface area contributed by atoms with Gasteiger partial charge in [0, 0.05) is 0 Å². The van der Waals surface area contributed by atoms with Crippen LogP contribution in [0.25, 0.3) is 0 Å². The standard InChI is InChI=1S/C4H8N2OS/c1-2-3-7-4(8)6-5/h2H,1,3,5H2,(H,6,8). The molecule has 0 spiro atoms. The lowest BCUT2D eigenvalue weighted by Crippen LogP contribution is -2.30. The summed E-state index contributed by atoms with van der Waals surface area (Å²) in [6, 6.07) is 0. The Kier molecular flexibility index (Phi) is 4.20. The number of hydrogen-bond donors (Lipinski definition) is 2. The quantitative estimate of drug-likeness (QED) is 0.239. The Morgan fingerprint density at radius 1 is 2.00 bits per heavy atom. The molecule has 0 amide bonds. The lowest BCUT2D eigenvalue weighted by molar-refractivity contribution is 0.343. The minimum Gasteiger partial charge on any atom is -0.466 e. The molecule has 0 fully saturated rings. The molecule has 0 aliphatic carbocycles. The maximum absolute atomic E-state index is 4.86. The summed E-state index contributed by atoms with van der Waals surface area (Å²) in [7, 11) is 0. The predicted octanol–water partition coefficient (Wildman–Crippen LogP) is -0.0628. The van der Waals surface area contributed by atoms with Gasteiger partial charge in [0.1, 0.15) is 6.61 Å². The van der Waals surface area contributed by atoms with Crippen molar-refractivity contribution in [2.45, 2.75) is 0 Å². The zero-order chi connectivity index (χ0) is 6.41. The highest BCUT2D eigenvalue weighted by Crippen LogP contribution is 1.74. The lowest BCUT2D eigenvalue weighted by Gasteiger charge is -2.00. The highest BCUT2D eigenvalue weighted by molar-refractivity contribution is 7.80. The Morgan fingerprint density at radius 2 is 2.62 bits per heavy atom. The minimum atomic E-state index is 0.185. The van der Waals surface area contributed by atoms with Crippen LogP contribution in [0, 0.1) is 0 Å². The van der Waals surface area contributed by atoms with E-state index in [4.69, 9.17) is 10.6 Å². The topological polar surface area (TPSA) is 47.3 Å². The molecule has 0 rings (SSSR count). The molecule has 0 saturated heterocycles. The SMILES string of the molecule is C=CCOC(=S)NN. The van der Waals surface area contributed by atoms with Gasteiger partial charge in [0.25, 0.3) is 5.17 Å². The summed E-state index contributed by atoms with van der Waals surface area (Å²) in [5, 5.41) is 0.185. The van der Waals surface area contributed by atoms with Gasteiger partial charge in [0.2, 0.25) is 0 Å². The minimum absolute atomic E-state index is 0.185. The van der Waals surface area contributed by atoms with E-state index in [1.165, 1.54) is 0 Å². The van der Waals surface area contributed by atoms with Crippen molar-refractivity contribution in [1.82, 2.24) is 5.43 Å². The van der Waals surface area contributed by atoms with E-state index in [9.17, 15) is 0 Å². The third kappa shape index (κ3) is 3.58. The molecular formula is C4H8N2OS. The van der Waals surface area contributed by atoms with Crippen LogP contribution in [0.1, 0.15) is 0 Å². The number of nitrogens with one attached hydrogen (secondary N) is 1. The summed E-state index contributed by atoms with van der Waals surface area (Å²) in [4.78, 5) is 0. The van der Waals surface area contributed by atoms with Gasteiger partial charge in [-0.05, 0) is 12.2 Å². The molecule has 0 unspecified atom stereocenters. The Morgan fingerprint density at radius 3 is 3.00 bits per heavy atom. The fourth-order valence-electron chi connectivity index (χ4n) is 0.176. The molecule has 0 bridgehead atoms. The monoisotopic (exact) mass is 132 g/mol. The zero-order valence-electron chi connectivity index (χ0n) is 4.39. The second-order valence-electron chi connectivity index (χ2n) is 1.03. The van der Waals surface area contributed by atoms with Crippen LogP contribution in [0.4, 0.5) is 0 Å². The Labute approximate surface area is 53.5 Å². The molecule has 3 N–H and O–H groups in total. The lowest BCUT2D eigenvalue weighted by atomic mass is 10.7. The number of rotatable bonds is 2. The van der Waals surface area contributed by atoms with E-state index in [1.54, 1.807) is 6.08 Å². The Balaban J connectivity index is 3.11. The number of ether oxygens (including phenoxy) is 1. The van der Waals surface area contributed by atoms with E-state index in [0.29, 0.717) is 6.61 Å². The van der Waals surface area contributed by atoms with Crippen molar-refractivity contribution >= 4 is 17.4 Å². The molecule has 0 aromatic carbocycles. The van der Waals surface area contributed by atoms with Gasteiger partial charge in [-0.15, -0.1) is 0 Å². The van der Waals surface area contributed by atoms with E-state index in [0.717, 1.165) is 0 Å². The van der Waals surface area contributed by atoms with Crippen molar-refractivity contribution in [2.75, 3.05) is 6.61 Å². The first kappa shape index (κ1) is 7.39. The molecule has 4 heteroatoms. The highest BCUT2D eigenvalue weighted by Gasteiger charge is 1.85. The summed E-state index contributed by atoms with van der Waals surface area (Å²) < 4.78 is 4.72. The summed E-state index contributed by atoms with van der Waals surface area (Å²) in [5.41, 5.74) is 2.16. The molecule has 0 aliphatic rings. The Hall–Kier alpha value is -0.610. The van der Waals surface area contributed by atoms with Gasteiger partial charge < -0.3 is 4.74 Å². The molecule has 0 aliphatic heterocycles. The average molecular weight is 132 g/mol. The van der Waals surface area contributed by atoms with E-state index in [1.807, 2.05) is 0 Å². The van der Waals surface area contributed by atoms with Crippen molar-refractivity contribution < 1.29 is 4.74 Å². The van der Waals surface area contributed by atoms with Gasteiger partial charge in [-0.3, -0.25) is 5.43 Å². The van der Waals surface area contributed by atoms with Crippen molar-refractivity contribution in [1.29, 1.82) is 0 Å². The zero-order valence-corrected chi connectivity index (χ0v) is 5.20. The van der Waals surface area contributed by atoms with E-state index in [2.05, 4.69) is 24.2 Å². The van der Waals surface area contributed by atoms with Crippen LogP contribution in [-0.2, 0) is 4.74 Å². The third-order valence-corrected chi connectivity index (χ3v) is 0.686. The van der Waals surface area contributed by atoms with Crippen LogP contribution in [0.3, 0.4) is 0 Å². The van der Waals surface area contributed by atoms with E-state index in [-0.39, 0.29) is 5.17 Å². The average Bonchev–Trinajstić information content (AvgIpc) is 1.83. The number of thiocarbonyl (C=S) groups is 1. The van der Waals surface area contributed by atoms with Crippen LogP contribution >= 0.6 is 12.2 Å². The van der Waals surface area contributed by atoms with Gasteiger partial charge in [-0.1, -0.05) is 12.7 Å². The number of hydrogen-bond acceptors (Lipinski definition) is 3. The molecule has 0 radical (unpaired) electrons. The van der Waals surface area contributed by atoms with Crippen LogP contribution in [0.15, 0.2) is 12.7 Å². The summed E-state index contributed by atoms with van der Waals surface area (Å²) in [6.45, 7) is 3.81. The van der Waals surface area contributed by atoms with Crippen LogP contribution in [0.2, 0.25) is 0 Å². The molecule has 0 saturated carbocycles. The first-order valence-electron chi connectivity index (χ1n) is 2.05. The fourth-order valence-corrected chi connectivity index (χ4v) is 0.244. The Bertz CT molecular complexity index is 94.0. The predicted molar refractivity (Wildman–Crippen MR) is 36.1 cm³/mol. The number of nitrogens with two attached hydrogens (primary N) is 1. The molecular weight excluding hydrogens is 124 g/mol. The smallest absolute Gasteiger partial charge is 0.271 e. The summed E-state index contributed by atoms with van der Waals surface area (Å²) in [5.74, 6) is 4.86. The molecule has 8 heavy (non-hydrogen) atoms. The van der Waals surface area contributed by atoms with Crippen molar-refractivity contribution in [3.63, 3.8) is 0 Å². The van der Waals surface area contributed by atoms with Crippen molar-refractivity contribution in [3.8, 4) is 0 Å². The third-order valence-electron chi connectivity index (χ3n) is 0.450. The van der Waals surface area contributed by atoms with E-state index >= 15 is 0 Å². The van der Waals surface area contributed by atoms with Gasteiger partial charge >= 0.3 is 0 Å². The van der Waals surface area contributed by atoms with Crippen LogP contribution in [-0.4, -0.2) is 11.8 Å². The highest BCUT2D eigenvalue weighted by atomic mass is 32.1. The maximum Gasteiger partial charge on any atom is 0.271 e. The first-order valence-corrected chi connectivity index (χ1v) is 2.46. The number of hydrazine groups is 1. The second-order valence-corrected chi connectivity index (χ2v) is 1.40. The maximum atomic E-state index is 4.86. The second kappa shape index (κ2) is 4.55. The van der Waals surface area contributed by atoms with Crippen LogP contribution < -0.4 is 11.3 Å².